The van der Waals surface area contributed by atoms with E-state index in [1.165, 1.54) is 18.5 Å². The first kappa shape index (κ1) is 26.4. The number of amides is 2. The molecule has 2 amide bonds. The zero-order valence-electron chi connectivity index (χ0n) is 21.4. The number of aryl methyl sites for hydroxylation is 1. The van der Waals surface area contributed by atoms with Gasteiger partial charge in [-0.25, -0.2) is 19.7 Å². The standard InChI is InChI=1S/C27H29F3N8O/c1-31-24-23-25(33-16-32-24)38(17-34-23)21-10-8-19(9-11-21)35-26(39)36-20-7-6-18(22(15-20)27(28,29)30)5-4-14-37-12-2-3-13-37/h6-11,15-17H,2-5,12-14H2,1H3,(H,31,32,33)(H2,35,36,39). The molecule has 0 bridgehead atoms. The highest BCUT2D eigenvalue weighted by molar-refractivity contribution is 5.99. The first-order valence-electron chi connectivity index (χ1n) is 12.8. The fraction of sp³-hybridized carbons (Fsp3) is 0.333. The van der Waals surface area contributed by atoms with Crippen molar-refractivity contribution in [2.24, 2.45) is 0 Å². The van der Waals surface area contributed by atoms with Crippen LogP contribution in [-0.2, 0) is 12.6 Å². The summed E-state index contributed by atoms with van der Waals surface area (Å²) in [4.78, 5) is 27.6. The zero-order valence-corrected chi connectivity index (χ0v) is 21.4. The van der Waals surface area contributed by atoms with Crippen LogP contribution in [0.1, 0.15) is 30.4 Å². The fourth-order valence-corrected chi connectivity index (χ4v) is 4.84. The van der Waals surface area contributed by atoms with Crippen LogP contribution in [0.25, 0.3) is 16.9 Å². The van der Waals surface area contributed by atoms with Gasteiger partial charge in [-0.1, -0.05) is 6.07 Å². The quantitative estimate of drug-likeness (QED) is 0.272. The van der Waals surface area contributed by atoms with Crippen LogP contribution in [0.4, 0.5) is 35.2 Å². The van der Waals surface area contributed by atoms with Gasteiger partial charge in [-0.2, -0.15) is 13.2 Å². The molecule has 3 N–H and O–H groups in total. The lowest BCUT2D eigenvalue weighted by Crippen LogP contribution is -2.21. The predicted octanol–water partition coefficient (Wildman–Crippen LogP) is 5.55. The van der Waals surface area contributed by atoms with E-state index in [1.54, 1.807) is 42.2 Å². The van der Waals surface area contributed by atoms with Crippen molar-refractivity contribution >= 4 is 34.4 Å². The highest BCUT2D eigenvalue weighted by atomic mass is 19.4. The molecule has 9 nitrogen and oxygen atoms in total. The highest BCUT2D eigenvalue weighted by Crippen LogP contribution is 2.34. The van der Waals surface area contributed by atoms with Crippen LogP contribution in [0.2, 0.25) is 0 Å². The Morgan fingerprint density at radius 1 is 0.974 bits per heavy atom. The Kier molecular flexibility index (Phi) is 7.64. The maximum absolute atomic E-state index is 13.8. The molecule has 2 aromatic carbocycles. The van der Waals surface area contributed by atoms with E-state index in [0.717, 1.165) is 44.2 Å². The summed E-state index contributed by atoms with van der Waals surface area (Å²) in [5.74, 6) is 0.609. The monoisotopic (exact) mass is 538 g/mol. The zero-order chi connectivity index (χ0) is 27.4. The van der Waals surface area contributed by atoms with Gasteiger partial charge in [0.2, 0.25) is 0 Å². The van der Waals surface area contributed by atoms with Gasteiger partial charge in [0.05, 0.1) is 5.56 Å². The smallest absolute Gasteiger partial charge is 0.371 e. The number of halogens is 3. The maximum atomic E-state index is 13.8. The number of urea groups is 1. The van der Waals surface area contributed by atoms with Crippen molar-refractivity contribution in [1.82, 2.24) is 24.4 Å². The molecule has 204 valence electrons. The van der Waals surface area contributed by atoms with E-state index in [1.807, 2.05) is 0 Å². The molecule has 0 unspecified atom stereocenters. The minimum absolute atomic E-state index is 0.0737. The largest absolute Gasteiger partial charge is 0.416 e. The van der Waals surface area contributed by atoms with Gasteiger partial charge in [0.15, 0.2) is 17.0 Å². The van der Waals surface area contributed by atoms with Crippen LogP contribution < -0.4 is 16.0 Å². The molecule has 12 heteroatoms. The third-order valence-corrected chi connectivity index (χ3v) is 6.77. The maximum Gasteiger partial charge on any atom is 0.416 e. The van der Waals surface area contributed by atoms with E-state index >= 15 is 0 Å². The number of fused-ring (bicyclic) bond motifs is 1. The average Bonchev–Trinajstić information content (AvgIpc) is 3.59. The molecule has 2 aromatic heterocycles. The Bertz CT molecular complexity index is 1450. The van der Waals surface area contributed by atoms with E-state index < -0.39 is 17.8 Å². The molecule has 4 aromatic rings. The number of benzene rings is 2. The lowest BCUT2D eigenvalue weighted by atomic mass is 10.0. The number of rotatable bonds is 8. The topological polar surface area (TPSA) is 100 Å². The minimum Gasteiger partial charge on any atom is -0.371 e. The summed E-state index contributed by atoms with van der Waals surface area (Å²) < 4.78 is 43.1. The number of imidazole rings is 1. The van der Waals surface area contributed by atoms with Gasteiger partial charge in [0.1, 0.15) is 12.7 Å². The molecular formula is C27H29F3N8O. The van der Waals surface area contributed by atoms with Gasteiger partial charge in [-0.15, -0.1) is 0 Å². The Labute approximate surface area is 223 Å². The second-order valence-electron chi connectivity index (χ2n) is 9.41. The molecule has 0 saturated carbocycles. The van der Waals surface area contributed by atoms with Crippen LogP contribution in [0.15, 0.2) is 55.1 Å². The Morgan fingerprint density at radius 3 is 2.41 bits per heavy atom. The molecule has 1 fully saturated rings. The third kappa shape index (κ3) is 6.11. The Hall–Kier alpha value is -4.19. The second-order valence-corrected chi connectivity index (χ2v) is 9.41. The summed E-state index contributed by atoms with van der Waals surface area (Å²) in [6.45, 7) is 2.82. The molecule has 1 saturated heterocycles. The molecule has 0 aliphatic carbocycles. The Morgan fingerprint density at radius 2 is 1.69 bits per heavy atom. The van der Waals surface area contributed by atoms with Gasteiger partial charge in [-0.05, 0) is 87.3 Å². The predicted molar refractivity (Wildman–Crippen MR) is 144 cm³/mol. The third-order valence-electron chi connectivity index (χ3n) is 6.77. The van der Waals surface area contributed by atoms with Crippen molar-refractivity contribution in [3.05, 3.63) is 66.2 Å². The molecule has 0 atom stereocenters. The van der Waals surface area contributed by atoms with Crippen molar-refractivity contribution in [3.8, 4) is 5.69 Å². The van der Waals surface area contributed by atoms with Crippen molar-refractivity contribution in [2.45, 2.75) is 31.9 Å². The van der Waals surface area contributed by atoms with Crippen LogP contribution >= 0.6 is 0 Å². The SMILES string of the molecule is CNc1ncnc2c1ncn2-c1ccc(NC(=O)Nc2ccc(CCCN3CCCC3)c(C(F)(F)F)c2)cc1. The Balaban J connectivity index is 1.23. The number of carbonyl (C=O) groups is 1. The summed E-state index contributed by atoms with van der Waals surface area (Å²) in [6, 6.07) is 10.2. The van der Waals surface area contributed by atoms with Crippen LogP contribution in [0, 0.1) is 0 Å². The molecule has 1 aliphatic heterocycles. The first-order valence-corrected chi connectivity index (χ1v) is 12.8. The lowest BCUT2D eigenvalue weighted by molar-refractivity contribution is -0.138. The van der Waals surface area contributed by atoms with E-state index in [2.05, 4.69) is 35.8 Å². The molecule has 39 heavy (non-hydrogen) atoms. The van der Waals surface area contributed by atoms with Crippen molar-refractivity contribution in [1.29, 1.82) is 0 Å². The molecule has 0 radical (unpaired) electrons. The fourth-order valence-electron chi connectivity index (χ4n) is 4.84. The van der Waals surface area contributed by atoms with Crippen LogP contribution in [-0.4, -0.2) is 57.1 Å². The molecule has 5 rings (SSSR count). The van der Waals surface area contributed by atoms with E-state index in [9.17, 15) is 18.0 Å². The lowest BCUT2D eigenvalue weighted by Gasteiger charge is -2.17. The van der Waals surface area contributed by atoms with Gasteiger partial charge >= 0.3 is 12.2 Å². The number of likely N-dealkylation sites (tertiary alicyclic amines) is 1. The molecule has 3 heterocycles. The van der Waals surface area contributed by atoms with E-state index in [-0.39, 0.29) is 11.3 Å². The summed E-state index contributed by atoms with van der Waals surface area (Å²) in [5.41, 5.74) is 2.07. The van der Waals surface area contributed by atoms with Gasteiger partial charge in [0, 0.05) is 24.1 Å². The summed E-state index contributed by atoms with van der Waals surface area (Å²) in [7, 11) is 1.75. The van der Waals surface area contributed by atoms with Gasteiger partial charge < -0.3 is 20.9 Å². The van der Waals surface area contributed by atoms with E-state index in [4.69, 9.17) is 0 Å². The number of aromatic nitrogens is 4. The summed E-state index contributed by atoms with van der Waals surface area (Å²) in [6.07, 6.45) is 1.85. The molecular weight excluding hydrogens is 509 g/mol. The number of nitrogens with one attached hydrogen (secondary N) is 3. The number of alkyl halides is 3. The summed E-state index contributed by atoms with van der Waals surface area (Å²) in [5, 5.41) is 8.15. The first-order chi connectivity index (χ1) is 18.8. The average molecular weight is 539 g/mol. The van der Waals surface area contributed by atoms with Crippen LogP contribution in [0.5, 0.6) is 0 Å². The molecule has 0 spiro atoms. The molecule has 1 aliphatic rings. The number of carbonyl (C=O) groups excluding carboxylic acids is 1. The highest BCUT2D eigenvalue weighted by Gasteiger charge is 2.33. The van der Waals surface area contributed by atoms with Crippen molar-refractivity contribution in [3.63, 3.8) is 0 Å². The number of hydrogen-bond donors (Lipinski definition) is 3. The van der Waals surface area contributed by atoms with E-state index in [0.29, 0.717) is 35.5 Å². The minimum atomic E-state index is -4.51. The number of nitrogens with zero attached hydrogens (tertiary/aromatic N) is 5. The van der Waals surface area contributed by atoms with Gasteiger partial charge in [-0.3, -0.25) is 4.57 Å². The van der Waals surface area contributed by atoms with Crippen molar-refractivity contribution in [2.75, 3.05) is 42.6 Å². The number of anilines is 3. The normalized spacial score (nSPS) is 14.1. The van der Waals surface area contributed by atoms with Crippen LogP contribution in [0.3, 0.4) is 0 Å². The summed E-state index contributed by atoms with van der Waals surface area (Å²) >= 11 is 0. The van der Waals surface area contributed by atoms with Gasteiger partial charge in [0.25, 0.3) is 0 Å². The van der Waals surface area contributed by atoms with Crippen molar-refractivity contribution < 1.29 is 18.0 Å². The number of hydrogen-bond acceptors (Lipinski definition) is 6. The second kappa shape index (κ2) is 11.3.